The van der Waals surface area contributed by atoms with Crippen LogP contribution in [0, 0.1) is 18.3 Å². The minimum absolute atomic E-state index is 0.0616. The van der Waals surface area contributed by atoms with E-state index in [4.69, 9.17) is 11.5 Å². The number of piperidine rings is 1. The van der Waals surface area contributed by atoms with Crippen LogP contribution in [0.4, 0.5) is 4.79 Å². The van der Waals surface area contributed by atoms with Gasteiger partial charge in [-0.2, -0.15) is 0 Å². The summed E-state index contributed by atoms with van der Waals surface area (Å²) in [5.41, 5.74) is 0. The molecule has 1 heterocycles. The van der Waals surface area contributed by atoms with Crippen molar-refractivity contribution in [1.82, 2.24) is 10.2 Å². The van der Waals surface area contributed by atoms with Gasteiger partial charge >= 0.3 is 12.0 Å². The lowest BCUT2D eigenvalue weighted by molar-refractivity contribution is -0.139. The zero-order valence-corrected chi connectivity index (χ0v) is 10.3. The molecule has 1 saturated heterocycles. The van der Waals surface area contributed by atoms with Crippen molar-refractivity contribution in [2.45, 2.75) is 31.9 Å². The van der Waals surface area contributed by atoms with Crippen molar-refractivity contribution in [2.24, 2.45) is 5.92 Å². The quantitative estimate of drug-likeness (QED) is 0.612. The second-order valence-electron chi connectivity index (χ2n) is 4.53. The van der Waals surface area contributed by atoms with Gasteiger partial charge in [0.2, 0.25) is 0 Å². The number of terminal acetylenes is 1. The molecule has 0 spiro atoms. The molecular formula is C12H18N2O4. The van der Waals surface area contributed by atoms with E-state index in [0.717, 1.165) is 0 Å². The van der Waals surface area contributed by atoms with E-state index in [1.807, 2.05) is 6.92 Å². The van der Waals surface area contributed by atoms with Crippen LogP contribution in [0.25, 0.3) is 0 Å². The van der Waals surface area contributed by atoms with Crippen LogP contribution in [-0.4, -0.2) is 52.3 Å². The monoisotopic (exact) mass is 254 g/mol. The van der Waals surface area contributed by atoms with Crippen molar-refractivity contribution < 1.29 is 19.8 Å². The molecule has 0 aromatic carbocycles. The number of rotatable bonds is 3. The second-order valence-corrected chi connectivity index (χ2v) is 4.53. The topological polar surface area (TPSA) is 89.9 Å². The van der Waals surface area contributed by atoms with E-state index in [1.54, 1.807) is 0 Å². The standard InChI is InChI=1S/C12H18N2O4/c1-3-4-9(11(16)17)13-12(18)14-6-5-8(2)10(15)7-14/h1,8-10,15H,4-7H2,2H3,(H,13,18)(H,16,17). The number of carboxylic acid groups (broad SMARTS) is 1. The molecule has 6 heteroatoms. The molecule has 1 aliphatic heterocycles. The summed E-state index contributed by atoms with van der Waals surface area (Å²) in [5, 5.41) is 20.9. The number of aliphatic hydroxyl groups excluding tert-OH is 1. The minimum Gasteiger partial charge on any atom is -0.480 e. The first-order chi connectivity index (χ1) is 8.45. The number of nitrogens with zero attached hydrogens (tertiary/aromatic N) is 1. The maximum Gasteiger partial charge on any atom is 0.327 e. The van der Waals surface area contributed by atoms with E-state index in [0.29, 0.717) is 13.0 Å². The Hall–Kier alpha value is -1.74. The molecule has 1 fully saturated rings. The average molecular weight is 254 g/mol. The Labute approximate surface area is 106 Å². The molecule has 6 nitrogen and oxygen atoms in total. The molecule has 0 aromatic heterocycles. The third-order valence-electron chi connectivity index (χ3n) is 3.12. The zero-order valence-electron chi connectivity index (χ0n) is 10.3. The molecule has 2 amide bonds. The molecule has 18 heavy (non-hydrogen) atoms. The van der Waals surface area contributed by atoms with E-state index in [1.165, 1.54) is 4.90 Å². The highest BCUT2D eigenvalue weighted by Crippen LogP contribution is 2.16. The third kappa shape index (κ3) is 3.64. The number of carboxylic acids is 1. The largest absolute Gasteiger partial charge is 0.480 e. The molecule has 1 rings (SSSR count). The summed E-state index contributed by atoms with van der Waals surface area (Å²) >= 11 is 0. The normalized spacial score (nSPS) is 25.1. The Bertz CT molecular complexity index is 364. The number of likely N-dealkylation sites (tertiary alicyclic amines) is 1. The number of hydrogen-bond donors (Lipinski definition) is 3. The molecule has 0 bridgehead atoms. The van der Waals surface area contributed by atoms with Crippen LogP contribution in [0.3, 0.4) is 0 Å². The van der Waals surface area contributed by atoms with Crippen molar-refractivity contribution in [3.63, 3.8) is 0 Å². The fourth-order valence-corrected chi connectivity index (χ4v) is 1.79. The number of aliphatic carboxylic acids is 1. The van der Waals surface area contributed by atoms with Crippen molar-refractivity contribution in [3.05, 3.63) is 0 Å². The lowest BCUT2D eigenvalue weighted by Gasteiger charge is -2.34. The van der Waals surface area contributed by atoms with Gasteiger partial charge in [0.1, 0.15) is 6.04 Å². The maximum atomic E-state index is 11.8. The van der Waals surface area contributed by atoms with Gasteiger partial charge in [-0.3, -0.25) is 0 Å². The molecule has 0 radical (unpaired) electrons. The van der Waals surface area contributed by atoms with E-state index in [2.05, 4.69) is 11.2 Å². The van der Waals surface area contributed by atoms with Gasteiger partial charge in [-0.1, -0.05) is 6.92 Å². The SMILES string of the molecule is C#CCC(NC(=O)N1CCC(C)C(O)C1)C(=O)O. The van der Waals surface area contributed by atoms with Gasteiger partial charge in [0.05, 0.1) is 6.10 Å². The highest BCUT2D eigenvalue weighted by atomic mass is 16.4. The summed E-state index contributed by atoms with van der Waals surface area (Å²) in [5.74, 6) is 1.20. The molecule has 1 aliphatic rings. The summed E-state index contributed by atoms with van der Waals surface area (Å²) in [6.07, 6.45) is 5.11. The predicted molar refractivity (Wildman–Crippen MR) is 64.8 cm³/mol. The van der Waals surface area contributed by atoms with E-state index >= 15 is 0 Å². The molecule has 100 valence electrons. The summed E-state index contributed by atoms with van der Waals surface area (Å²) in [7, 11) is 0. The smallest absolute Gasteiger partial charge is 0.327 e. The fourth-order valence-electron chi connectivity index (χ4n) is 1.79. The highest BCUT2D eigenvalue weighted by molar-refractivity contribution is 5.82. The van der Waals surface area contributed by atoms with Crippen molar-refractivity contribution in [2.75, 3.05) is 13.1 Å². The number of carbonyl (C=O) groups is 2. The number of urea groups is 1. The van der Waals surface area contributed by atoms with Gasteiger partial charge < -0.3 is 20.4 Å². The number of amides is 2. The zero-order chi connectivity index (χ0) is 13.7. The van der Waals surface area contributed by atoms with Gasteiger partial charge in [-0.25, -0.2) is 9.59 Å². The van der Waals surface area contributed by atoms with Crippen molar-refractivity contribution in [1.29, 1.82) is 0 Å². The fraction of sp³-hybridized carbons (Fsp3) is 0.667. The van der Waals surface area contributed by atoms with Gasteiger partial charge in [-0.05, 0) is 12.3 Å². The van der Waals surface area contributed by atoms with E-state index in [-0.39, 0.29) is 18.9 Å². The second kappa shape index (κ2) is 6.26. The first-order valence-electron chi connectivity index (χ1n) is 5.85. The number of nitrogens with one attached hydrogen (secondary N) is 1. The Morgan fingerprint density at radius 2 is 2.28 bits per heavy atom. The Kier molecular flexibility index (Phi) is 4.98. The van der Waals surface area contributed by atoms with Crippen LogP contribution < -0.4 is 5.32 Å². The minimum atomic E-state index is -1.16. The maximum absolute atomic E-state index is 11.8. The number of hydrogen-bond acceptors (Lipinski definition) is 3. The average Bonchev–Trinajstić information content (AvgIpc) is 2.31. The Morgan fingerprint density at radius 3 is 2.78 bits per heavy atom. The molecule has 0 aliphatic carbocycles. The molecular weight excluding hydrogens is 236 g/mol. The van der Waals surface area contributed by atoms with Gasteiger partial charge in [0, 0.05) is 19.5 Å². The lowest BCUT2D eigenvalue weighted by Crippen LogP contribution is -2.53. The van der Waals surface area contributed by atoms with Crippen LogP contribution in [0.5, 0.6) is 0 Å². The van der Waals surface area contributed by atoms with Gasteiger partial charge in [-0.15, -0.1) is 12.3 Å². The number of β-amino-alcohol motifs (C(OH)–C–C–N with tert-alkyl or cyclic N) is 1. The van der Waals surface area contributed by atoms with E-state index < -0.39 is 24.1 Å². The first-order valence-corrected chi connectivity index (χ1v) is 5.85. The first kappa shape index (κ1) is 14.3. The van der Waals surface area contributed by atoms with Crippen LogP contribution in [-0.2, 0) is 4.79 Å². The number of aliphatic hydroxyl groups is 1. The van der Waals surface area contributed by atoms with Crippen LogP contribution in [0.15, 0.2) is 0 Å². The third-order valence-corrected chi connectivity index (χ3v) is 3.12. The Morgan fingerprint density at radius 1 is 1.61 bits per heavy atom. The van der Waals surface area contributed by atoms with Crippen LogP contribution in [0.1, 0.15) is 19.8 Å². The molecule has 0 aromatic rings. The highest BCUT2D eigenvalue weighted by Gasteiger charge is 2.29. The molecule has 3 N–H and O–H groups in total. The molecule has 3 unspecified atom stereocenters. The lowest BCUT2D eigenvalue weighted by atomic mass is 9.96. The summed E-state index contributed by atoms with van der Waals surface area (Å²) in [4.78, 5) is 24.1. The summed E-state index contributed by atoms with van der Waals surface area (Å²) in [6.45, 7) is 2.64. The van der Waals surface area contributed by atoms with Crippen LogP contribution >= 0.6 is 0 Å². The van der Waals surface area contributed by atoms with E-state index in [9.17, 15) is 14.7 Å². The molecule has 0 saturated carbocycles. The Balaban J connectivity index is 2.54. The predicted octanol–water partition coefficient (Wildman–Crippen LogP) is -0.125. The van der Waals surface area contributed by atoms with Gasteiger partial charge in [0.25, 0.3) is 0 Å². The van der Waals surface area contributed by atoms with Crippen LogP contribution in [0.2, 0.25) is 0 Å². The molecule has 3 atom stereocenters. The summed E-state index contributed by atoms with van der Waals surface area (Å²) < 4.78 is 0. The summed E-state index contributed by atoms with van der Waals surface area (Å²) in [6, 6.07) is -1.58. The number of carbonyl (C=O) groups excluding carboxylic acids is 1. The van der Waals surface area contributed by atoms with Gasteiger partial charge in [0.15, 0.2) is 0 Å². The van der Waals surface area contributed by atoms with Crippen molar-refractivity contribution in [3.8, 4) is 12.3 Å². The van der Waals surface area contributed by atoms with Crippen molar-refractivity contribution >= 4 is 12.0 Å².